The Morgan fingerprint density at radius 1 is 1.04 bits per heavy atom. The van der Waals surface area contributed by atoms with Crippen LogP contribution in [0.25, 0.3) is 0 Å². The van der Waals surface area contributed by atoms with Gasteiger partial charge in [-0.2, -0.15) is 0 Å². The fourth-order valence-corrected chi connectivity index (χ4v) is 4.98. The van der Waals surface area contributed by atoms with Crippen LogP contribution in [0.2, 0.25) is 0 Å². The van der Waals surface area contributed by atoms with E-state index < -0.39 is 5.60 Å². The highest BCUT2D eigenvalue weighted by molar-refractivity contribution is 5.90. The van der Waals surface area contributed by atoms with Gasteiger partial charge in [-0.05, 0) is 68.2 Å². The summed E-state index contributed by atoms with van der Waals surface area (Å²) in [5, 5.41) is 14.3. The van der Waals surface area contributed by atoms with Gasteiger partial charge in [0.25, 0.3) is 0 Å². The molecule has 0 aromatic heterocycles. The molecule has 1 saturated heterocycles. The summed E-state index contributed by atoms with van der Waals surface area (Å²) >= 11 is 0. The number of carbonyl (C=O) groups excluding carboxylic acids is 1. The van der Waals surface area contributed by atoms with Gasteiger partial charge < -0.3 is 15.3 Å². The number of fused-ring (bicyclic) bond motifs is 1. The molecule has 3 atom stereocenters. The summed E-state index contributed by atoms with van der Waals surface area (Å²) in [5.41, 5.74) is 4.58. The van der Waals surface area contributed by atoms with Gasteiger partial charge in [0, 0.05) is 18.8 Å². The van der Waals surface area contributed by atoms with Gasteiger partial charge in [-0.25, -0.2) is 4.79 Å². The van der Waals surface area contributed by atoms with Gasteiger partial charge in [-0.1, -0.05) is 42.0 Å². The van der Waals surface area contributed by atoms with E-state index in [9.17, 15) is 9.90 Å². The molecule has 1 aliphatic carbocycles. The average molecular weight is 364 g/mol. The highest BCUT2D eigenvalue weighted by atomic mass is 16.3. The van der Waals surface area contributed by atoms with Crippen molar-refractivity contribution in [3.05, 3.63) is 64.7 Å². The third-order valence-corrected chi connectivity index (χ3v) is 6.33. The zero-order valence-corrected chi connectivity index (χ0v) is 16.3. The molecule has 4 heteroatoms. The van der Waals surface area contributed by atoms with Crippen LogP contribution in [0, 0.1) is 32.6 Å². The molecule has 27 heavy (non-hydrogen) atoms. The first kappa shape index (κ1) is 18.1. The Morgan fingerprint density at radius 2 is 1.70 bits per heavy atom. The number of nitrogens with one attached hydrogen (secondary N) is 1. The van der Waals surface area contributed by atoms with Gasteiger partial charge in [0.15, 0.2) is 0 Å². The van der Waals surface area contributed by atoms with E-state index in [2.05, 4.69) is 31.3 Å². The minimum absolute atomic E-state index is 0.0317. The molecule has 0 bridgehead atoms. The Bertz CT molecular complexity index is 862. The van der Waals surface area contributed by atoms with Crippen molar-refractivity contribution in [1.29, 1.82) is 0 Å². The van der Waals surface area contributed by atoms with Crippen LogP contribution in [-0.4, -0.2) is 29.1 Å². The smallest absolute Gasteiger partial charge is 0.321 e. The molecule has 1 heterocycles. The summed E-state index contributed by atoms with van der Waals surface area (Å²) in [6.45, 7) is 7.57. The predicted molar refractivity (Wildman–Crippen MR) is 108 cm³/mol. The number of anilines is 1. The molecular formula is C23H28N2O2. The summed E-state index contributed by atoms with van der Waals surface area (Å²) in [6.07, 6.45) is 1.46. The zero-order chi connectivity index (χ0) is 19.2. The van der Waals surface area contributed by atoms with Crippen LogP contribution in [0.5, 0.6) is 0 Å². The highest BCUT2D eigenvalue weighted by Gasteiger charge is 2.50. The van der Waals surface area contributed by atoms with E-state index in [-0.39, 0.29) is 6.03 Å². The second-order valence-corrected chi connectivity index (χ2v) is 8.43. The van der Waals surface area contributed by atoms with Crippen LogP contribution in [-0.2, 0) is 5.60 Å². The van der Waals surface area contributed by atoms with E-state index in [1.807, 2.05) is 42.2 Å². The van der Waals surface area contributed by atoms with E-state index in [0.29, 0.717) is 11.8 Å². The summed E-state index contributed by atoms with van der Waals surface area (Å²) in [5.74, 6) is 0.721. The number of benzene rings is 2. The summed E-state index contributed by atoms with van der Waals surface area (Å²) in [7, 11) is 0. The number of likely N-dealkylation sites (tertiary alicyclic amines) is 1. The molecule has 2 N–H and O–H groups in total. The van der Waals surface area contributed by atoms with Crippen molar-refractivity contribution in [3.63, 3.8) is 0 Å². The predicted octanol–water partition coefficient (Wildman–Crippen LogP) is 4.37. The summed E-state index contributed by atoms with van der Waals surface area (Å²) < 4.78 is 0. The molecule has 2 aliphatic rings. The lowest BCUT2D eigenvalue weighted by Crippen LogP contribution is -2.35. The number of amides is 2. The van der Waals surface area contributed by atoms with Crippen LogP contribution >= 0.6 is 0 Å². The van der Waals surface area contributed by atoms with Crippen molar-refractivity contribution in [1.82, 2.24) is 4.90 Å². The lowest BCUT2D eigenvalue weighted by atomic mass is 9.87. The monoisotopic (exact) mass is 364 g/mol. The van der Waals surface area contributed by atoms with E-state index >= 15 is 0 Å². The topological polar surface area (TPSA) is 52.6 Å². The molecule has 4 rings (SSSR count). The van der Waals surface area contributed by atoms with Crippen LogP contribution in [0.15, 0.2) is 42.5 Å². The maximum absolute atomic E-state index is 12.7. The molecular weight excluding hydrogens is 336 g/mol. The van der Waals surface area contributed by atoms with Gasteiger partial charge in [0.1, 0.15) is 0 Å². The molecule has 2 fully saturated rings. The normalized spacial score (nSPS) is 26.9. The first-order valence-electron chi connectivity index (χ1n) is 9.77. The number of aryl methyl sites for hydroxylation is 3. The Labute approximate surface area is 161 Å². The lowest BCUT2D eigenvalue weighted by molar-refractivity contribution is 0.0322. The quantitative estimate of drug-likeness (QED) is 0.831. The maximum Gasteiger partial charge on any atom is 0.321 e. The Hall–Kier alpha value is -2.33. The fraction of sp³-hybridized carbons (Fsp3) is 0.435. The lowest BCUT2D eigenvalue weighted by Gasteiger charge is -2.28. The van der Waals surface area contributed by atoms with E-state index in [0.717, 1.165) is 48.3 Å². The minimum Gasteiger partial charge on any atom is -0.385 e. The van der Waals surface area contributed by atoms with Crippen molar-refractivity contribution < 1.29 is 9.90 Å². The average Bonchev–Trinajstić information content (AvgIpc) is 3.13. The van der Waals surface area contributed by atoms with Crippen molar-refractivity contribution in [2.45, 2.75) is 39.2 Å². The molecule has 142 valence electrons. The number of carbonyl (C=O) groups is 1. The number of hydrogen-bond donors (Lipinski definition) is 2. The number of hydrogen-bond acceptors (Lipinski definition) is 2. The van der Waals surface area contributed by atoms with Crippen LogP contribution in [0.1, 0.15) is 35.1 Å². The van der Waals surface area contributed by atoms with Gasteiger partial charge in [0.2, 0.25) is 0 Å². The minimum atomic E-state index is -0.753. The number of urea groups is 1. The maximum atomic E-state index is 12.7. The summed E-state index contributed by atoms with van der Waals surface area (Å²) in [4.78, 5) is 14.6. The van der Waals surface area contributed by atoms with Crippen molar-refractivity contribution in [2.24, 2.45) is 11.8 Å². The molecule has 1 saturated carbocycles. The molecule has 2 aromatic rings. The molecule has 4 nitrogen and oxygen atoms in total. The zero-order valence-electron chi connectivity index (χ0n) is 16.3. The molecule has 1 unspecified atom stereocenters. The second-order valence-electron chi connectivity index (χ2n) is 8.43. The Kier molecular flexibility index (Phi) is 4.47. The SMILES string of the molecule is Cc1ccc(NC(=O)N2C[C@@H]3CC(O)(c4ccccc4C)C[C@@H]3C2)c(C)c1. The van der Waals surface area contributed by atoms with Crippen molar-refractivity contribution in [2.75, 3.05) is 18.4 Å². The van der Waals surface area contributed by atoms with E-state index in [1.54, 1.807) is 0 Å². The third kappa shape index (κ3) is 3.34. The highest BCUT2D eigenvalue weighted by Crippen LogP contribution is 2.49. The summed E-state index contributed by atoms with van der Waals surface area (Å²) in [6, 6.07) is 14.1. The third-order valence-electron chi connectivity index (χ3n) is 6.33. The van der Waals surface area contributed by atoms with Gasteiger partial charge >= 0.3 is 6.03 Å². The van der Waals surface area contributed by atoms with Gasteiger partial charge in [0.05, 0.1) is 5.60 Å². The molecule has 0 spiro atoms. The van der Waals surface area contributed by atoms with E-state index in [1.165, 1.54) is 5.56 Å². The Balaban J connectivity index is 1.42. The van der Waals surface area contributed by atoms with E-state index in [4.69, 9.17) is 0 Å². The van der Waals surface area contributed by atoms with Gasteiger partial charge in [-0.15, -0.1) is 0 Å². The van der Waals surface area contributed by atoms with Gasteiger partial charge in [-0.3, -0.25) is 0 Å². The second kappa shape index (κ2) is 6.68. The first-order valence-corrected chi connectivity index (χ1v) is 9.77. The number of nitrogens with zero attached hydrogens (tertiary/aromatic N) is 1. The van der Waals surface area contributed by atoms with Crippen molar-refractivity contribution in [3.8, 4) is 0 Å². The molecule has 1 aliphatic heterocycles. The van der Waals surface area contributed by atoms with Crippen LogP contribution in [0.3, 0.4) is 0 Å². The number of rotatable bonds is 2. The van der Waals surface area contributed by atoms with Crippen LogP contribution < -0.4 is 5.32 Å². The first-order chi connectivity index (χ1) is 12.9. The van der Waals surface area contributed by atoms with Crippen molar-refractivity contribution >= 4 is 11.7 Å². The largest absolute Gasteiger partial charge is 0.385 e. The fourth-order valence-electron chi connectivity index (χ4n) is 4.98. The molecule has 2 aromatic carbocycles. The number of aliphatic hydroxyl groups is 1. The standard InChI is InChI=1S/C23H28N2O2/c1-15-8-9-21(17(3)10-15)24-22(26)25-13-18-11-23(27,12-19(18)14-25)20-7-5-4-6-16(20)2/h4-10,18-19,27H,11-14H2,1-3H3,(H,24,26)/t18-,19+,23?. The van der Waals surface area contributed by atoms with Crippen LogP contribution in [0.4, 0.5) is 10.5 Å². The molecule has 2 amide bonds. The Morgan fingerprint density at radius 3 is 2.33 bits per heavy atom. The molecule has 0 radical (unpaired) electrons.